The molecule has 0 bridgehead atoms. The molecule has 0 unspecified atom stereocenters. The molecular weight excluding hydrogens is 288 g/mol. The molecule has 0 fully saturated rings. The molecule has 2 aromatic rings. The molecule has 0 saturated carbocycles. The second-order valence-corrected chi connectivity index (χ2v) is 6.50. The third-order valence-electron chi connectivity index (χ3n) is 2.27. The summed E-state index contributed by atoms with van der Waals surface area (Å²) in [6, 6.07) is 12.8. The number of halogens is 2. The zero-order valence-electron chi connectivity index (χ0n) is 10.1. The van der Waals surface area contributed by atoms with Gasteiger partial charge in [0, 0.05) is 12.4 Å². The van der Waals surface area contributed by atoms with Crippen molar-refractivity contribution in [1.82, 2.24) is 0 Å². The fourth-order valence-corrected chi connectivity index (χ4v) is 2.86. The highest BCUT2D eigenvalue weighted by Crippen LogP contribution is 2.43. The van der Waals surface area contributed by atoms with Crippen molar-refractivity contribution >= 4 is 24.8 Å². The molecule has 1 atom stereocenters. The SMILES string of the molecule is C[P@@](=O)(Nc1ccc(F)c(Cl)c1)Oc1ccccc1. The van der Waals surface area contributed by atoms with Crippen molar-refractivity contribution in [2.24, 2.45) is 0 Å². The van der Waals surface area contributed by atoms with Gasteiger partial charge < -0.3 is 9.61 Å². The summed E-state index contributed by atoms with van der Waals surface area (Å²) in [6.45, 7) is 1.44. The molecule has 2 rings (SSSR count). The fraction of sp³-hybridized carbons (Fsp3) is 0.0769. The maximum absolute atomic E-state index is 13.0. The van der Waals surface area contributed by atoms with E-state index in [-0.39, 0.29) is 5.02 Å². The molecule has 0 saturated heterocycles. The molecule has 0 aliphatic rings. The molecule has 0 heterocycles. The number of benzene rings is 2. The predicted molar refractivity (Wildman–Crippen MR) is 75.6 cm³/mol. The molecule has 1 N–H and O–H groups in total. The van der Waals surface area contributed by atoms with Crippen LogP contribution < -0.4 is 9.61 Å². The van der Waals surface area contributed by atoms with Crippen LogP contribution in [0.4, 0.5) is 10.1 Å². The lowest BCUT2D eigenvalue weighted by Crippen LogP contribution is -2.02. The van der Waals surface area contributed by atoms with Gasteiger partial charge in [0.25, 0.3) is 0 Å². The minimum absolute atomic E-state index is 0.0373. The molecule has 0 aliphatic carbocycles. The van der Waals surface area contributed by atoms with Crippen molar-refractivity contribution in [3.63, 3.8) is 0 Å². The maximum Gasteiger partial charge on any atom is 0.338 e. The minimum atomic E-state index is -3.10. The fourth-order valence-electron chi connectivity index (χ4n) is 1.51. The average molecular weight is 300 g/mol. The zero-order chi connectivity index (χ0) is 13.9. The van der Waals surface area contributed by atoms with Crippen LogP contribution in [0.5, 0.6) is 5.75 Å². The van der Waals surface area contributed by atoms with Gasteiger partial charge in [-0.2, -0.15) is 0 Å². The summed E-state index contributed by atoms with van der Waals surface area (Å²) in [7, 11) is -3.10. The number of anilines is 1. The number of hydrogen-bond donors (Lipinski definition) is 1. The van der Waals surface area contributed by atoms with Gasteiger partial charge >= 0.3 is 7.52 Å². The van der Waals surface area contributed by atoms with Crippen LogP contribution in [0.25, 0.3) is 0 Å². The summed E-state index contributed by atoms with van der Waals surface area (Å²) < 4.78 is 30.7. The highest BCUT2D eigenvalue weighted by atomic mass is 35.5. The van der Waals surface area contributed by atoms with Gasteiger partial charge in [0.1, 0.15) is 11.6 Å². The van der Waals surface area contributed by atoms with Crippen LogP contribution in [-0.4, -0.2) is 6.66 Å². The summed E-state index contributed by atoms with van der Waals surface area (Å²) in [4.78, 5) is 0. The molecule has 2 aromatic carbocycles. The zero-order valence-corrected chi connectivity index (χ0v) is 11.8. The van der Waals surface area contributed by atoms with E-state index in [1.165, 1.54) is 24.9 Å². The Morgan fingerprint density at radius 1 is 1.21 bits per heavy atom. The van der Waals surface area contributed by atoms with Crippen LogP contribution in [0.2, 0.25) is 5.02 Å². The standard InChI is InChI=1S/C13H12ClFNO2P/c1-19(17,18-11-5-3-2-4-6-11)16-10-7-8-13(15)12(14)9-10/h2-9H,1H3,(H,16,17)/t19-/m0/s1. The van der Waals surface area contributed by atoms with Gasteiger partial charge in [0.15, 0.2) is 0 Å². The maximum atomic E-state index is 13.0. The molecule has 0 radical (unpaired) electrons. The van der Waals surface area contributed by atoms with E-state index < -0.39 is 13.3 Å². The van der Waals surface area contributed by atoms with Crippen LogP contribution in [0.1, 0.15) is 0 Å². The van der Waals surface area contributed by atoms with E-state index in [9.17, 15) is 8.96 Å². The normalized spacial score (nSPS) is 13.6. The quantitative estimate of drug-likeness (QED) is 0.825. The van der Waals surface area contributed by atoms with Gasteiger partial charge in [0.2, 0.25) is 0 Å². The summed E-state index contributed by atoms with van der Waals surface area (Å²) in [5, 5.41) is 2.68. The monoisotopic (exact) mass is 299 g/mol. The first-order valence-corrected chi connectivity index (χ1v) is 7.97. The van der Waals surface area contributed by atoms with Gasteiger partial charge in [-0.05, 0) is 30.3 Å². The molecule has 100 valence electrons. The van der Waals surface area contributed by atoms with Crippen LogP contribution in [-0.2, 0) is 4.57 Å². The van der Waals surface area contributed by atoms with E-state index in [2.05, 4.69) is 5.09 Å². The van der Waals surface area contributed by atoms with E-state index in [1.807, 2.05) is 6.07 Å². The highest BCUT2D eigenvalue weighted by Gasteiger charge is 2.17. The number of para-hydroxylation sites is 1. The van der Waals surface area contributed by atoms with Gasteiger partial charge in [-0.1, -0.05) is 29.8 Å². The molecular formula is C13H12ClFNO2P. The minimum Gasteiger partial charge on any atom is -0.429 e. The first kappa shape index (κ1) is 13.9. The second kappa shape index (κ2) is 5.64. The van der Waals surface area contributed by atoms with Gasteiger partial charge in [0.05, 0.1) is 5.02 Å². The van der Waals surface area contributed by atoms with Crippen LogP contribution in [0.15, 0.2) is 48.5 Å². The van der Waals surface area contributed by atoms with Gasteiger partial charge in [-0.25, -0.2) is 4.39 Å². The van der Waals surface area contributed by atoms with Crippen molar-refractivity contribution in [2.45, 2.75) is 0 Å². The van der Waals surface area contributed by atoms with Crippen molar-refractivity contribution in [3.05, 3.63) is 59.4 Å². The van der Waals surface area contributed by atoms with Crippen molar-refractivity contribution in [1.29, 1.82) is 0 Å². The van der Waals surface area contributed by atoms with Crippen molar-refractivity contribution < 1.29 is 13.5 Å². The van der Waals surface area contributed by atoms with Crippen LogP contribution >= 0.6 is 19.1 Å². The molecule has 0 aromatic heterocycles. The Kier molecular flexibility index (Phi) is 4.13. The molecule has 6 heteroatoms. The highest BCUT2D eigenvalue weighted by molar-refractivity contribution is 7.60. The van der Waals surface area contributed by atoms with E-state index in [0.717, 1.165) is 0 Å². The predicted octanol–water partition coefficient (Wildman–Crippen LogP) is 4.79. The summed E-state index contributed by atoms with van der Waals surface area (Å²) in [5.41, 5.74) is 0.438. The molecule has 0 amide bonds. The Hall–Kier alpha value is -1.51. The number of nitrogens with one attached hydrogen (secondary N) is 1. The second-order valence-electron chi connectivity index (χ2n) is 3.99. The first-order chi connectivity index (χ1) is 8.96. The first-order valence-electron chi connectivity index (χ1n) is 5.52. The largest absolute Gasteiger partial charge is 0.429 e. The third-order valence-corrected chi connectivity index (χ3v) is 3.79. The molecule has 19 heavy (non-hydrogen) atoms. The third kappa shape index (κ3) is 3.98. The summed E-state index contributed by atoms with van der Waals surface area (Å²) in [5.74, 6) is -0.0313. The molecule has 0 aliphatic heterocycles. The van der Waals surface area contributed by atoms with Crippen LogP contribution in [0.3, 0.4) is 0 Å². The van der Waals surface area contributed by atoms with E-state index in [1.54, 1.807) is 24.3 Å². The van der Waals surface area contributed by atoms with E-state index >= 15 is 0 Å². The summed E-state index contributed by atoms with van der Waals surface area (Å²) in [6.07, 6.45) is 0. The Bertz CT molecular complexity index is 621. The Morgan fingerprint density at radius 2 is 1.89 bits per heavy atom. The Morgan fingerprint density at radius 3 is 2.53 bits per heavy atom. The number of rotatable bonds is 4. The summed E-state index contributed by atoms with van der Waals surface area (Å²) >= 11 is 5.66. The number of hydrogen-bond acceptors (Lipinski definition) is 2. The molecule has 3 nitrogen and oxygen atoms in total. The van der Waals surface area contributed by atoms with Crippen LogP contribution in [0, 0.1) is 5.82 Å². The van der Waals surface area contributed by atoms with Gasteiger partial charge in [-0.15, -0.1) is 0 Å². The lowest BCUT2D eigenvalue weighted by Gasteiger charge is -2.17. The lowest BCUT2D eigenvalue weighted by molar-refractivity contribution is 0.493. The smallest absolute Gasteiger partial charge is 0.338 e. The average Bonchev–Trinajstić information content (AvgIpc) is 2.34. The van der Waals surface area contributed by atoms with Gasteiger partial charge in [-0.3, -0.25) is 4.57 Å². The lowest BCUT2D eigenvalue weighted by atomic mass is 10.3. The Labute approximate surface area is 115 Å². The Balaban J connectivity index is 2.12. The van der Waals surface area contributed by atoms with E-state index in [0.29, 0.717) is 11.4 Å². The van der Waals surface area contributed by atoms with Crippen molar-refractivity contribution in [2.75, 3.05) is 11.8 Å². The van der Waals surface area contributed by atoms with E-state index in [4.69, 9.17) is 16.1 Å². The van der Waals surface area contributed by atoms with Crippen molar-refractivity contribution in [3.8, 4) is 5.75 Å². The molecule has 0 spiro atoms. The topological polar surface area (TPSA) is 38.3 Å².